The summed E-state index contributed by atoms with van der Waals surface area (Å²) in [7, 11) is 1.52. The van der Waals surface area contributed by atoms with Crippen molar-refractivity contribution in [3.8, 4) is 0 Å². The number of hydrazine groups is 1. The van der Waals surface area contributed by atoms with E-state index in [1.807, 2.05) is 0 Å². The number of amides is 1. The number of thiazole rings is 1. The molecule has 0 saturated carbocycles. The van der Waals surface area contributed by atoms with Crippen molar-refractivity contribution in [1.82, 2.24) is 20.4 Å². The van der Waals surface area contributed by atoms with E-state index in [1.54, 1.807) is 12.4 Å². The van der Waals surface area contributed by atoms with Crippen molar-refractivity contribution in [2.75, 3.05) is 7.05 Å². The lowest BCUT2D eigenvalue weighted by molar-refractivity contribution is -0.137. The molecule has 0 spiro atoms. The molecule has 0 radical (unpaired) electrons. The van der Waals surface area contributed by atoms with E-state index in [0.717, 1.165) is 17.1 Å². The first-order chi connectivity index (χ1) is 10.3. The second-order valence-corrected chi connectivity index (χ2v) is 5.55. The van der Waals surface area contributed by atoms with Gasteiger partial charge >= 0.3 is 6.18 Å². The average Bonchev–Trinajstić information content (AvgIpc) is 2.89. The van der Waals surface area contributed by atoms with Crippen LogP contribution in [0.2, 0.25) is 0 Å². The minimum absolute atomic E-state index is 0.129. The minimum atomic E-state index is -4.41. The maximum atomic E-state index is 12.4. The van der Waals surface area contributed by atoms with Crippen molar-refractivity contribution in [2.24, 2.45) is 0 Å². The van der Waals surface area contributed by atoms with Crippen molar-refractivity contribution in [3.05, 3.63) is 45.7 Å². The van der Waals surface area contributed by atoms with Gasteiger partial charge in [-0.3, -0.25) is 14.8 Å². The van der Waals surface area contributed by atoms with Crippen LogP contribution in [0.4, 0.5) is 13.2 Å². The second kappa shape index (κ2) is 6.41. The highest BCUT2D eigenvalue weighted by Crippen LogP contribution is 2.28. The lowest BCUT2D eigenvalue weighted by Crippen LogP contribution is -2.39. The fraction of sp³-hybridized carbons (Fsp3) is 0.308. The molecule has 0 fully saturated rings. The Kier molecular flexibility index (Phi) is 4.77. The summed E-state index contributed by atoms with van der Waals surface area (Å²) in [4.78, 5) is 20.6. The SMILES string of the molecule is Cc1scnc1C(=O)N(C)NCc1ccc(C(F)(F)F)cn1. The number of hydrogen-bond donors (Lipinski definition) is 1. The smallest absolute Gasteiger partial charge is 0.275 e. The number of aryl methyl sites for hydroxylation is 1. The van der Waals surface area contributed by atoms with Crippen LogP contribution >= 0.6 is 11.3 Å². The Bertz CT molecular complexity index is 654. The lowest BCUT2D eigenvalue weighted by Gasteiger charge is -2.17. The van der Waals surface area contributed by atoms with Gasteiger partial charge in [-0.1, -0.05) is 0 Å². The summed E-state index contributed by atoms with van der Waals surface area (Å²) >= 11 is 1.36. The van der Waals surface area contributed by atoms with Crippen LogP contribution in [0.3, 0.4) is 0 Å². The number of halogens is 3. The zero-order valence-electron chi connectivity index (χ0n) is 11.8. The first-order valence-corrected chi connectivity index (χ1v) is 7.11. The fourth-order valence-corrected chi connectivity index (χ4v) is 2.21. The first-order valence-electron chi connectivity index (χ1n) is 6.23. The molecule has 5 nitrogen and oxygen atoms in total. The van der Waals surface area contributed by atoms with Crippen LogP contribution in [0.25, 0.3) is 0 Å². The van der Waals surface area contributed by atoms with Gasteiger partial charge in [0, 0.05) is 18.1 Å². The van der Waals surface area contributed by atoms with Gasteiger partial charge in [-0.25, -0.2) is 10.4 Å². The van der Waals surface area contributed by atoms with E-state index in [4.69, 9.17) is 0 Å². The summed E-state index contributed by atoms with van der Waals surface area (Å²) in [5.74, 6) is -0.314. The normalized spacial score (nSPS) is 11.5. The van der Waals surface area contributed by atoms with Crippen LogP contribution in [0.5, 0.6) is 0 Å². The van der Waals surface area contributed by atoms with Gasteiger partial charge in [0.25, 0.3) is 5.91 Å². The van der Waals surface area contributed by atoms with E-state index in [-0.39, 0.29) is 12.5 Å². The Morgan fingerprint density at radius 3 is 2.59 bits per heavy atom. The standard InChI is InChI=1S/C13H13F3N4OS/c1-8-11(18-7-22-8)12(21)20(2)19-6-10-4-3-9(5-17-10)13(14,15)16/h3-5,7,19H,6H2,1-2H3. The molecule has 0 saturated heterocycles. The predicted molar refractivity (Wildman–Crippen MR) is 75.0 cm³/mol. The number of aromatic nitrogens is 2. The number of nitrogens with zero attached hydrogens (tertiary/aromatic N) is 3. The molecule has 1 amide bonds. The van der Waals surface area contributed by atoms with E-state index in [1.165, 1.54) is 29.5 Å². The van der Waals surface area contributed by atoms with Gasteiger partial charge in [-0.15, -0.1) is 11.3 Å². The quantitative estimate of drug-likeness (QED) is 0.876. The first kappa shape index (κ1) is 16.4. The molecule has 2 rings (SSSR count). The van der Waals surface area contributed by atoms with Crippen molar-refractivity contribution in [1.29, 1.82) is 0 Å². The molecule has 2 aromatic heterocycles. The number of hydrogen-bond acceptors (Lipinski definition) is 5. The highest BCUT2D eigenvalue weighted by atomic mass is 32.1. The maximum Gasteiger partial charge on any atom is 0.417 e. The summed E-state index contributed by atoms with van der Waals surface area (Å²) in [5, 5.41) is 1.24. The molecule has 1 N–H and O–H groups in total. The van der Waals surface area contributed by atoms with Crippen molar-refractivity contribution in [3.63, 3.8) is 0 Å². The topological polar surface area (TPSA) is 58.1 Å². The van der Waals surface area contributed by atoms with Gasteiger partial charge < -0.3 is 0 Å². The molecule has 9 heteroatoms. The fourth-order valence-electron chi connectivity index (χ4n) is 1.64. The Labute approximate surface area is 128 Å². The van der Waals surface area contributed by atoms with E-state index in [2.05, 4.69) is 15.4 Å². The number of alkyl halides is 3. The van der Waals surface area contributed by atoms with Crippen LogP contribution in [-0.4, -0.2) is 27.9 Å². The van der Waals surface area contributed by atoms with Crippen molar-refractivity contribution in [2.45, 2.75) is 19.6 Å². The molecule has 0 aromatic carbocycles. The highest BCUT2D eigenvalue weighted by Gasteiger charge is 2.30. The Morgan fingerprint density at radius 1 is 1.36 bits per heavy atom. The maximum absolute atomic E-state index is 12.4. The van der Waals surface area contributed by atoms with Crippen molar-refractivity contribution >= 4 is 17.2 Å². The molecule has 2 heterocycles. The molecule has 0 aliphatic rings. The van der Waals surface area contributed by atoms with E-state index >= 15 is 0 Å². The van der Waals surface area contributed by atoms with E-state index in [9.17, 15) is 18.0 Å². The van der Waals surface area contributed by atoms with Gasteiger partial charge in [0.15, 0.2) is 0 Å². The summed E-state index contributed by atoms with van der Waals surface area (Å²) < 4.78 is 37.3. The number of carbonyl (C=O) groups excluding carboxylic acids is 1. The third-order valence-corrected chi connectivity index (χ3v) is 3.66. The van der Waals surface area contributed by atoms with Crippen LogP contribution < -0.4 is 5.43 Å². The molecule has 2 aromatic rings. The number of pyridine rings is 1. The highest BCUT2D eigenvalue weighted by molar-refractivity contribution is 7.09. The number of rotatable bonds is 4. The average molecular weight is 330 g/mol. The lowest BCUT2D eigenvalue weighted by atomic mass is 10.2. The van der Waals surface area contributed by atoms with Crippen LogP contribution in [-0.2, 0) is 12.7 Å². The Morgan fingerprint density at radius 2 is 2.09 bits per heavy atom. The third kappa shape index (κ3) is 3.80. The van der Waals surface area contributed by atoms with Gasteiger partial charge in [-0.2, -0.15) is 13.2 Å². The predicted octanol–water partition coefficient (Wildman–Crippen LogP) is 2.64. The second-order valence-electron chi connectivity index (χ2n) is 4.49. The molecule has 0 unspecified atom stereocenters. The molecule has 0 atom stereocenters. The van der Waals surface area contributed by atoms with Gasteiger partial charge in [0.1, 0.15) is 5.69 Å². The Hall–Kier alpha value is -2.00. The summed E-state index contributed by atoms with van der Waals surface area (Å²) in [6.45, 7) is 1.92. The zero-order chi connectivity index (χ0) is 16.3. The zero-order valence-corrected chi connectivity index (χ0v) is 12.6. The van der Waals surface area contributed by atoms with Crippen LogP contribution in [0, 0.1) is 6.92 Å². The number of carbonyl (C=O) groups is 1. The molecular formula is C13H13F3N4OS. The molecule has 0 aliphatic heterocycles. The summed E-state index contributed by atoms with van der Waals surface area (Å²) in [6.07, 6.45) is -3.64. The van der Waals surface area contributed by atoms with Gasteiger partial charge in [0.05, 0.1) is 23.3 Å². The van der Waals surface area contributed by atoms with Crippen LogP contribution in [0.1, 0.15) is 26.6 Å². The monoisotopic (exact) mass is 330 g/mol. The molecule has 22 heavy (non-hydrogen) atoms. The van der Waals surface area contributed by atoms with E-state index in [0.29, 0.717) is 11.4 Å². The van der Waals surface area contributed by atoms with E-state index < -0.39 is 11.7 Å². The molecule has 118 valence electrons. The van der Waals surface area contributed by atoms with Gasteiger partial charge in [-0.05, 0) is 19.1 Å². The third-order valence-electron chi connectivity index (χ3n) is 2.90. The summed E-state index contributed by atoms with van der Waals surface area (Å²) in [5.41, 5.74) is 4.29. The number of nitrogens with one attached hydrogen (secondary N) is 1. The summed E-state index contributed by atoms with van der Waals surface area (Å²) in [6, 6.07) is 2.22. The molecule has 0 bridgehead atoms. The van der Waals surface area contributed by atoms with Crippen LogP contribution in [0.15, 0.2) is 23.8 Å². The van der Waals surface area contributed by atoms with Crippen molar-refractivity contribution < 1.29 is 18.0 Å². The van der Waals surface area contributed by atoms with Gasteiger partial charge in [0.2, 0.25) is 0 Å². The minimum Gasteiger partial charge on any atom is -0.275 e. The molecular weight excluding hydrogens is 317 g/mol. The largest absolute Gasteiger partial charge is 0.417 e. The Balaban J connectivity index is 1.95. The molecule has 0 aliphatic carbocycles.